The molecule has 0 aliphatic carbocycles. The molecule has 0 saturated heterocycles. The number of hydrogen-bond acceptors (Lipinski definition) is 2. The second kappa shape index (κ2) is 5.32. The lowest BCUT2D eigenvalue weighted by Gasteiger charge is -2.14. The lowest BCUT2D eigenvalue weighted by molar-refractivity contribution is 0.214. The molecular formula is C16H19NO. The third-order valence-corrected chi connectivity index (χ3v) is 3.19. The Morgan fingerprint density at radius 1 is 1.22 bits per heavy atom. The molecule has 1 heterocycles. The number of rotatable bonds is 3. The van der Waals surface area contributed by atoms with Crippen LogP contribution in [-0.4, -0.2) is 10.1 Å². The van der Waals surface area contributed by atoms with E-state index in [1.807, 2.05) is 32.0 Å². The zero-order valence-corrected chi connectivity index (χ0v) is 11.1. The summed E-state index contributed by atoms with van der Waals surface area (Å²) in [4.78, 5) is 4.36. The van der Waals surface area contributed by atoms with E-state index < -0.39 is 6.10 Å². The van der Waals surface area contributed by atoms with Crippen LogP contribution in [0.1, 0.15) is 41.0 Å². The second-order valence-electron chi connectivity index (χ2n) is 4.72. The summed E-state index contributed by atoms with van der Waals surface area (Å²) in [6.45, 7) is 6.11. The minimum atomic E-state index is -0.642. The van der Waals surface area contributed by atoms with Crippen molar-refractivity contribution in [2.75, 3.05) is 0 Å². The van der Waals surface area contributed by atoms with E-state index in [0.717, 1.165) is 28.8 Å². The second-order valence-corrected chi connectivity index (χ2v) is 4.72. The van der Waals surface area contributed by atoms with Crippen molar-refractivity contribution in [3.05, 3.63) is 64.5 Å². The molecule has 0 spiro atoms. The van der Waals surface area contributed by atoms with Crippen molar-refractivity contribution in [2.45, 2.75) is 33.3 Å². The fourth-order valence-electron chi connectivity index (χ4n) is 2.15. The van der Waals surface area contributed by atoms with Crippen molar-refractivity contribution in [1.29, 1.82) is 0 Å². The minimum absolute atomic E-state index is 0.642. The molecule has 0 radical (unpaired) electrons. The van der Waals surface area contributed by atoms with E-state index in [-0.39, 0.29) is 0 Å². The van der Waals surface area contributed by atoms with E-state index >= 15 is 0 Å². The number of aryl methyl sites for hydroxylation is 3. The Morgan fingerprint density at radius 2 is 2.00 bits per heavy atom. The van der Waals surface area contributed by atoms with Crippen molar-refractivity contribution in [3.63, 3.8) is 0 Å². The predicted molar refractivity (Wildman–Crippen MR) is 73.6 cm³/mol. The number of nitrogens with zero attached hydrogens (tertiary/aromatic N) is 1. The average Bonchev–Trinajstić information content (AvgIpc) is 2.38. The average molecular weight is 241 g/mol. The van der Waals surface area contributed by atoms with Crippen LogP contribution in [0.5, 0.6) is 0 Å². The van der Waals surface area contributed by atoms with Crippen molar-refractivity contribution in [3.8, 4) is 0 Å². The number of benzene rings is 1. The van der Waals surface area contributed by atoms with E-state index in [2.05, 4.69) is 24.0 Å². The normalized spacial score (nSPS) is 12.4. The Bertz CT molecular complexity index is 549. The highest BCUT2D eigenvalue weighted by Gasteiger charge is 2.14. The maximum atomic E-state index is 10.4. The van der Waals surface area contributed by atoms with Crippen LogP contribution >= 0.6 is 0 Å². The van der Waals surface area contributed by atoms with Gasteiger partial charge in [0.25, 0.3) is 0 Å². The molecule has 0 saturated carbocycles. The van der Waals surface area contributed by atoms with E-state index in [0.29, 0.717) is 0 Å². The summed E-state index contributed by atoms with van der Waals surface area (Å²) in [6.07, 6.45) is 2.13. The van der Waals surface area contributed by atoms with Gasteiger partial charge in [-0.3, -0.25) is 4.98 Å². The van der Waals surface area contributed by atoms with Gasteiger partial charge in [0, 0.05) is 6.20 Å². The largest absolute Gasteiger partial charge is 0.382 e. The van der Waals surface area contributed by atoms with Crippen LogP contribution < -0.4 is 0 Å². The summed E-state index contributed by atoms with van der Waals surface area (Å²) < 4.78 is 0. The standard InChI is InChI=1S/C16H19NO/c1-4-13-6-5-7-14(9-13)16(18)15-12(3)8-11(2)10-17-15/h5-10,16,18H,4H2,1-3H3. The van der Waals surface area contributed by atoms with Crippen molar-refractivity contribution >= 4 is 0 Å². The highest BCUT2D eigenvalue weighted by atomic mass is 16.3. The van der Waals surface area contributed by atoms with Gasteiger partial charge < -0.3 is 5.11 Å². The molecule has 0 aliphatic rings. The smallest absolute Gasteiger partial charge is 0.121 e. The van der Waals surface area contributed by atoms with Crippen molar-refractivity contribution < 1.29 is 5.11 Å². The third-order valence-electron chi connectivity index (χ3n) is 3.19. The van der Waals surface area contributed by atoms with Gasteiger partial charge in [-0.1, -0.05) is 37.3 Å². The van der Waals surface area contributed by atoms with Crippen LogP contribution in [0.3, 0.4) is 0 Å². The minimum Gasteiger partial charge on any atom is -0.382 e. The summed E-state index contributed by atoms with van der Waals surface area (Å²) in [6, 6.07) is 10.1. The first-order valence-corrected chi connectivity index (χ1v) is 6.32. The number of aliphatic hydroxyl groups excluding tert-OH is 1. The van der Waals surface area contributed by atoms with E-state index in [4.69, 9.17) is 0 Å². The van der Waals surface area contributed by atoms with Gasteiger partial charge in [0.1, 0.15) is 6.10 Å². The van der Waals surface area contributed by atoms with E-state index in [9.17, 15) is 5.11 Å². The van der Waals surface area contributed by atoms with Crippen LogP contribution in [0.25, 0.3) is 0 Å². The molecule has 1 aromatic heterocycles. The molecule has 1 N–H and O–H groups in total. The molecule has 1 atom stereocenters. The molecule has 2 aromatic rings. The maximum absolute atomic E-state index is 10.4. The van der Waals surface area contributed by atoms with Gasteiger partial charge in [0.15, 0.2) is 0 Å². The number of aliphatic hydroxyl groups is 1. The molecule has 18 heavy (non-hydrogen) atoms. The summed E-state index contributed by atoms with van der Waals surface area (Å²) in [5.41, 5.74) is 5.04. The Labute approximate surface area is 108 Å². The number of pyridine rings is 1. The van der Waals surface area contributed by atoms with Crippen LogP contribution in [0.2, 0.25) is 0 Å². The lowest BCUT2D eigenvalue weighted by atomic mass is 9.99. The summed E-state index contributed by atoms with van der Waals surface area (Å²) >= 11 is 0. The van der Waals surface area contributed by atoms with Gasteiger partial charge in [-0.25, -0.2) is 0 Å². The van der Waals surface area contributed by atoms with Crippen LogP contribution in [-0.2, 0) is 6.42 Å². The SMILES string of the molecule is CCc1cccc(C(O)c2ncc(C)cc2C)c1. The zero-order valence-electron chi connectivity index (χ0n) is 11.1. The Morgan fingerprint density at radius 3 is 2.67 bits per heavy atom. The molecule has 2 rings (SSSR count). The summed E-state index contributed by atoms with van der Waals surface area (Å²) in [5, 5.41) is 10.4. The van der Waals surface area contributed by atoms with Crippen LogP contribution in [0, 0.1) is 13.8 Å². The molecule has 1 unspecified atom stereocenters. The molecule has 0 fully saturated rings. The first kappa shape index (κ1) is 12.8. The van der Waals surface area contributed by atoms with Crippen molar-refractivity contribution in [1.82, 2.24) is 4.98 Å². The fraction of sp³-hybridized carbons (Fsp3) is 0.312. The quantitative estimate of drug-likeness (QED) is 0.894. The van der Waals surface area contributed by atoms with Crippen LogP contribution in [0.15, 0.2) is 36.5 Å². The molecular weight excluding hydrogens is 222 g/mol. The van der Waals surface area contributed by atoms with Gasteiger partial charge >= 0.3 is 0 Å². The molecule has 0 aliphatic heterocycles. The van der Waals surface area contributed by atoms with E-state index in [1.54, 1.807) is 6.20 Å². The van der Waals surface area contributed by atoms with Gasteiger partial charge in [0.2, 0.25) is 0 Å². The van der Waals surface area contributed by atoms with Crippen molar-refractivity contribution in [2.24, 2.45) is 0 Å². The lowest BCUT2D eigenvalue weighted by Crippen LogP contribution is -2.05. The molecule has 94 valence electrons. The molecule has 0 amide bonds. The maximum Gasteiger partial charge on any atom is 0.121 e. The van der Waals surface area contributed by atoms with Gasteiger partial charge in [0.05, 0.1) is 5.69 Å². The van der Waals surface area contributed by atoms with Gasteiger partial charge in [-0.15, -0.1) is 0 Å². The van der Waals surface area contributed by atoms with Gasteiger partial charge in [-0.05, 0) is 42.5 Å². The van der Waals surface area contributed by atoms with Crippen LogP contribution in [0.4, 0.5) is 0 Å². The fourth-order valence-corrected chi connectivity index (χ4v) is 2.15. The van der Waals surface area contributed by atoms with Gasteiger partial charge in [-0.2, -0.15) is 0 Å². The Kier molecular flexibility index (Phi) is 3.78. The first-order valence-electron chi connectivity index (χ1n) is 6.32. The highest BCUT2D eigenvalue weighted by Crippen LogP contribution is 2.24. The molecule has 0 bridgehead atoms. The Hall–Kier alpha value is -1.67. The highest BCUT2D eigenvalue weighted by molar-refractivity contribution is 5.34. The molecule has 2 nitrogen and oxygen atoms in total. The molecule has 1 aromatic carbocycles. The first-order chi connectivity index (χ1) is 8.61. The zero-order chi connectivity index (χ0) is 13.1. The van der Waals surface area contributed by atoms with E-state index in [1.165, 1.54) is 5.56 Å². The topological polar surface area (TPSA) is 33.1 Å². The monoisotopic (exact) mass is 241 g/mol. The predicted octanol–water partition coefficient (Wildman–Crippen LogP) is 3.34. The number of hydrogen-bond donors (Lipinski definition) is 1. The number of aromatic nitrogens is 1. The molecule has 2 heteroatoms. The summed E-state index contributed by atoms with van der Waals surface area (Å²) in [7, 11) is 0. The third kappa shape index (κ3) is 2.59. The summed E-state index contributed by atoms with van der Waals surface area (Å²) in [5.74, 6) is 0. The Balaban J connectivity index is 2.37.